The van der Waals surface area contributed by atoms with Crippen LogP contribution in [-0.4, -0.2) is 83.3 Å². The fourth-order valence-electron chi connectivity index (χ4n) is 2.58. The Kier molecular flexibility index (Phi) is 4.14. The van der Waals surface area contributed by atoms with Crippen molar-refractivity contribution in [3.05, 3.63) is 0 Å². The average molecular weight is 315 g/mol. The molecule has 2 N–H and O–H groups in total. The van der Waals surface area contributed by atoms with Crippen molar-refractivity contribution < 1.29 is 28.4 Å². The fourth-order valence-corrected chi connectivity index (χ4v) is 2.58. The normalized spacial score (nSPS) is 40.5. The van der Waals surface area contributed by atoms with E-state index in [2.05, 4.69) is 0 Å². The number of hydrogen-bond donors (Lipinski definition) is 1. The SMILES string of the molecule is NCC(COCC1CO1)(COCC1CO1)COC1CC12CO2. The summed E-state index contributed by atoms with van der Waals surface area (Å²) in [5.41, 5.74) is 5.76. The maximum Gasteiger partial charge on any atom is 0.120 e. The second-order valence-electron chi connectivity index (χ2n) is 7.00. The third-order valence-electron chi connectivity index (χ3n) is 4.73. The van der Waals surface area contributed by atoms with Crippen LogP contribution in [0.4, 0.5) is 0 Å². The van der Waals surface area contributed by atoms with Crippen LogP contribution in [0.1, 0.15) is 6.42 Å². The third-order valence-corrected chi connectivity index (χ3v) is 4.73. The molecule has 0 bridgehead atoms. The van der Waals surface area contributed by atoms with Gasteiger partial charge < -0.3 is 34.2 Å². The van der Waals surface area contributed by atoms with E-state index in [4.69, 9.17) is 34.2 Å². The van der Waals surface area contributed by atoms with Gasteiger partial charge >= 0.3 is 0 Å². The molecule has 4 unspecified atom stereocenters. The van der Waals surface area contributed by atoms with Crippen molar-refractivity contribution in [3.8, 4) is 0 Å². The molecule has 4 atom stereocenters. The van der Waals surface area contributed by atoms with Crippen LogP contribution in [0.15, 0.2) is 0 Å². The predicted molar refractivity (Wildman–Crippen MR) is 75.6 cm³/mol. The predicted octanol–water partition coefficient (Wildman–Crippen LogP) is -0.680. The summed E-state index contributed by atoms with van der Waals surface area (Å²) in [6.07, 6.45) is 1.73. The second kappa shape index (κ2) is 5.98. The van der Waals surface area contributed by atoms with Crippen LogP contribution in [0, 0.1) is 5.41 Å². The Balaban J connectivity index is 1.25. The molecule has 1 aliphatic carbocycles. The van der Waals surface area contributed by atoms with Gasteiger partial charge in [0.05, 0.1) is 64.4 Å². The summed E-state index contributed by atoms with van der Waals surface area (Å²) in [4.78, 5) is 0. The van der Waals surface area contributed by atoms with Crippen molar-refractivity contribution in [1.82, 2.24) is 0 Å². The smallest absolute Gasteiger partial charge is 0.120 e. The number of epoxide rings is 3. The van der Waals surface area contributed by atoms with Crippen molar-refractivity contribution in [3.63, 3.8) is 0 Å². The molecular formula is C15H25NO6. The maximum atomic E-state index is 6.03. The van der Waals surface area contributed by atoms with Gasteiger partial charge in [0.2, 0.25) is 0 Å². The summed E-state index contributed by atoms with van der Waals surface area (Å²) in [5, 5.41) is 0. The van der Waals surface area contributed by atoms with Crippen LogP contribution in [0.25, 0.3) is 0 Å². The second-order valence-corrected chi connectivity index (χ2v) is 7.00. The van der Waals surface area contributed by atoms with Gasteiger partial charge in [-0.2, -0.15) is 0 Å². The van der Waals surface area contributed by atoms with Crippen LogP contribution < -0.4 is 5.73 Å². The molecule has 7 nitrogen and oxygen atoms in total. The molecule has 1 saturated carbocycles. The molecule has 0 aromatic rings. The van der Waals surface area contributed by atoms with E-state index in [0.717, 1.165) is 26.2 Å². The molecule has 4 rings (SSSR count). The molecule has 3 heterocycles. The Labute approximate surface area is 130 Å². The highest BCUT2D eigenvalue weighted by Gasteiger charge is 2.67. The third kappa shape index (κ3) is 3.79. The molecule has 0 aromatic carbocycles. The summed E-state index contributed by atoms with van der Waals surface area (Å²) in [6, 6.07) is 0. The summed E-state index contributed by atoms with van der Waals surface area (Å²) < 4.78 is 33.3. The van der Waals surface area contributed by atoms with Gasteiger partial charge in [-0.3, -0.25) is 0 Å². The lowest BCUT2D eigenvalue weighted by Gasteiger charge is -2.31. The van der Waals surface area contributed by atoms with Crippen molar-refractivity contribution in [2.24, 2.45) is 11.1 Å². The van der Waals surface area contributed by atoms with E-state index >= 15 is 0 Å². The van der Waals surface area contributed by atoms with Crippen LogP contribution in [0.5, 0.6) is 0 Å². The molecule has 22 heavy (non-hydrogen) atoms. The van der Waals surface area contributed by atoms with E-state index in [1.54, 1.807) is 0 Å². The van der Waals surface area contributed by atoms with Crippen molar-refractivity contribution >= 4 is 0 Å². The van der Waals surface area contributed by atoms with Crippen molar-refractivity contribution in [1.29, 1.82) is 0 Å². The fraction of sp³-hybridized carbons (Fsp3) is 1.00. The largest absolute Gasteiger partial charge is 0.378 e. The van der Waals surface area contributed by atoms with Crippen LogP contribution in [-0.2, 0) is 28.4 Å². The topological polar surface area (TPSA) is 91.3 Å². The maximum absolute atomic E-state index is 6.03. The lowest BCUT2D eigenvalue weighted by Crippen LogP contribution is -2.44. The van der Waals surface area contributed by atoms with Crippen LogP contribution in [0.3, 0.4) is 0 Å². The Morgan fingerprint density at radius 3 is 2.05 bits per heavy atom. The molecule has 0 aromatic heterocycles. The minimum Gasteiger partial charge on any atom is -0.378 e. The first-order valence-electron chi connectivity index (χ1n) is 8.08. The highest BCUT2D eigenvalue weighted by molar-refractivity contribution is 5.16. The average Bonchev–Trinajstić information content (AvgIpc) is 3.38. The zero-order valence-electron chi connectivity index (χ0n) is 12.8. The molecule has 4 aliphatic rings. The van der Waals surface area contributed by atoms with E-state index in [1.807, 2.05) is 0 Å². The van der Waals surface area contributed by atoms with E-state index in [-0.39, 0.29) is 29.3 Å². The van der Waals surface area contributed by atoms with Gasteiger partial charge in [-0.25, -0.2) is 0 Å². The number of rotatable bonds is 12. The molecule has 1 spiro atoms. The zero-order chi connectivity index (χ0) is 15.0. The lowest BCUT2D eigenvalue weighted by molar-refractivity contribution is -0.0738. The first kappa shape index (κ1) is 15.3. The molecular weight excluding hydrogens is 290 g/mol. The zero-order valence-corrected chi connectivity index (χ0v) is 12.8. The molecule has 3 aliphatic heterocycles. The standard InChI is InChI=1S/C15H25NO6/c16-6-14(7-17-2-11-4-19-11,8-18-3-12-5-20-12)9-21-13-1-15(13)10-22-15/h11-13H,1-10,16H2. The van der Waals surface area contributed by atoms with Gasteiger partial charge in [0.25, 0.3) is 0 Å². The Hall–Kier alpha value is -0.280. The molecule has 4 fully saturated rings. The number of ether oxygens (including phenoxy) is 6. The minimum absolute atomic E-state index is 0.0474. The summed E-state index contributed by atoms with van der Waals surface area (Å²) in [6.45, 7) is 5.70. The minimum atomic E-state index is -0.317. The Morgan fingerprint density at radius 1 is 1.05 bits per heavy atom. The summed E-state index contributed by atoms with van der Waals surface area (Å²) in [7, 11) is 0. The van der Waals surface area contributed by atoms with Crippen molar-refractivity contribution in [2.45, 2.75) is 30.3 Å². The monoisotopic (exact) mass is 315 g/mol. The first-order chi connectivity index (χ1) is 10.7. The van der Waals surface area contributed by atoms with Crippen molar-refractivity contribution in [2.75, 3.05) is 59.4 Å². The van der Waals surface area contributed by atoms with E-state index in [9.17, 15) is 0 Å². The van der Waals surface area contributed by atoms with E-state index in [0.29, 0.717) is 39.6 Å². The van der Waals surface area contributed by atoms with Gasteiger partial charge in [-0.15, -0.1) is 0 Å². The highest BCUT2D eigenvalue weighted by atomic mass is 16.6. The quantitative estimate of drug-likeness (QED) is 0.477. The van der Waals surface area contributed by atoms with Gasteiger partial charge in [-0.05, 0) is 0 Å². The van der Waals surface area contributed by atoms with E-state index in [1.165, 1.54) is 0 Å². The Morgan fingerprint density at radius 2 is 1.64 bits per heavy atom. The van der Waals surface area contributed by atoms with E-state index < -0.39 is 0 Å². The lowest BCUT2D eigenvalue weighted by atomic mass is 9.91. The van der Waals surface area contributed by atoms with Gasteiger partial charge in [0.15, 0.2) is 0 Å². The first-order valence-corrected chi connectivity index (χ1v) is 8.08. The number of hydrogen-bond acceptors (Lipinski definition) is 7. The number of nitrogens with two attached hydrogens (primary N) is 1. The van der Waals surface area contributed by atoms with Crippen LogP contribution >= 0.6 is 0 Å². The molecule has 7 heteroatoms. The van der Waals surface area contributed by atoms with Gasteiger partial charge in [0.1, 0.15) is 17.8 Å². The summed E-state index contributed by atoms with van der Waals surface area (Å²) in [5.74, 6) is 0. The van der Waals surface area contributed by atoms with Gasteiger partial charge in [-0.1, -0.05) is 0 Å². The molecule has 3 saturated heterocycles. The van der Waals surface area contributed by atoms with Gasteiger partial charge in [0, 0.05) is 13.0 Å². The molecule has 0 amide bonds. The highest BCUT2D eigenvalue weighted by Crippen LogP contribution is 2.53. The Bertz CT molecular complexity index is 375. The molecule has 126 valence electrons. The molecule has 0 radical (unpaired) electrons. The van der Waals surface area contributed by atoms with Crippen LogP contribution in [0.2, 0.25) is 0 Å². The summed E-state index contributed by atoms with van der Waals surface area (Å²) >= 11 is 0.